The van der Waals surface area contributed by atoms with Crippen molar-refractivity contribution in [1.29, 1.82) is 0 Å². The van der Waals surface area contributed by atoms with Gasteiger partial charge in [-0.15, -0.1) is 0 Å². The van der Waals surface area contributed by atoms with E-state index in [1.54, 1.807) is 0 Å². The third-order valence-electron chi connectivity index (χ3n) is 4.17. The molecule has 0 bridgehead atoms. The Labute approximate surface area is 105 Å². The maximum atomic E-state index is 4.60. The average molecular weight is 232 g/mol. The Morgan fingerprint density at radius 2 is 1.88 bits per heavy atom. The van der Waals surface area contributed by atoms with Gasteiger partial charge in [0.15, 0.2) is 0 Å². The van der Waals surface area contributed by atoms with Gasteiger partial charge in [0.1, 0.15) is 0 Å². The van der Waals surface area contributed by atoms with Crippen molar-refractivity contribution in [3.05, 3.63) is 29.6 Å². The van der Waals surface area contributed by atoms with Crippen molar-refractivity contribution in [1.82, 2.24) is 9.88 Å². The smallest absolute Gasteiger partial charge is 0.0429 e. The fourth-order valence-corrected chi connectivity index (χ4v) is 2.50. The highest BCUT2D eigenvalue weighted by molar-refractivity contribution is 5.24. The fourth-order valence-electron chi connectivity index (χ4n) is 2.50. The van der Waals surface area contributed by atoms with Gasteiger partial charge in [0.05, 0.1) is 0 Å². The van der Waals surface area contributed by atoms with Crippen LogP contribution in [0.1, 0.15) is 50.8 Å². The van der Waals surface area contributed by atoms with E-state index in [4.69, 9.17) is 0 Å². The minimum absolute atomic E-state index is 0.328. The van der Waals surface area contributed by atoms with Gasteiger partial charge in [-0.2, -0.15) is 0 Å². The molecule has 1 aliphatic heterocycles. The zero-order valence-corrected chi connectivity index (χ0v) is 11.5. The molecule has 0 atom stereocenters. The maximum absolute atomic E-state index is 4.60. The third kappa shape index (κ3) is 2.68. The van der Waals surface area contributed by atoms with Crippen molar-refractivity contribution >= 4 is 0 Å². The van der Waals surface area contributed by atoms with E-state index in [2.05, 4.69) is 56.0 Å². The minimum atomic E-state index is 0.328. The van der Waals surface area contributed by atoms with E-state index >= 15 is 0 Å². The molecule has 2 heteroatoms. The van der Waals surface area contributed by atoms with Crippen LogP contribution in [0.3, 0.4) is 0 Å². The normalized spacial score (nSPS) is 20.8. The van der Waals surface area contributed by atoms with E-state index in [0.717, 1.165) is 0 Å². The molecule has 0 spiro atoms. The first-order chi connectivity index (χ1) is 8.01. The molecule has 1 aliphatic rings. The second kappa shape index (κ2) is 4.77. The van der Waals surface area contributed by atoms with Crippen molar-refractivity contribution < 1.29 is 0 Å². The lowest BCUT2D eigenvalue weighted by molar-refractivity contribution is 0.199. The number of hydrogen-bond acceptors (Lipinski definition) is 2. The van der Waals surface area contributed by atoms with Gasteiger partial charge in [-0.25, -0.2) is 0 Å². The quantitative estimate of drug-likeness (QED) is 0.778. The standard InChI is InChI=1S/C15H24N2/c1-12(2)14-6-5-13(11-16-14)15(3)7-9-17(4)10-8-15/h5-6,11-12H,7-10H2,1-4H3. The summed E-state index contributed by atoms with van der Waals surface area (Å²) in [4.78, 5) is 7.02. The van der Waals surface area contributed by atoms with Crippen molar-refractivity contribution in [3.8, 4) is 0 Å². The van der Waals surface area contributed by atoms with E-state index in [-0.39, 0.29) is 0 Å². The van der Waals surface area contributed by atoms with Gasteiger partial charge >= 0.3 is 0 Å². The molecule has 94 valence electrons. The summed E-state index contributed by atoms with van der Waals surface area (Å²) in [6.07, 6.45) is 4.58. The Morgan fingerprint density at radius 1 is 1.24 bits per heavy atom. The van der Waals surface area contributed by atoms with E-state index in [1.807, 2.05) is 0 Å². The fraction of sp³-hybridized carbons (Fsp3) is 0.667. The topological polar surface area (TPSA) is 16.1 Å². The second-order valence-corrected chi connectivity index (χ2v) is 5.99. The number of pyridine rings is 1. The van der Waals surface area contributed by atoms with Gasteiger partial charge in [0, 0.05) is 11.9 Å². The van der Waals surface area contributed by atoms with Gasteiger partial charge in [0.2, 0.25) is 0 Å². The first-order valence-corrected chi connectivity index (χ1v) is 6.66. The SMILES string of the molecule is CC(C)c1ccc(C2(C)CCN(C)CC2)cn1. The highest BCUT2D eigenvalue weighted by atomic mass is 15.1. The number of piperidine rings is 1. The Morgan fingerprint density at radius 3 is 2.35 bits per heavy atom. The van der Waals surface area contributed by atoms with Gasteiger partial charge in [-0.3, -0.25) is 4.98 Å². The Hall–Kier alpha value is -0.890. The van der Waals surface area contributed by atoms with Gasteiger partial charge in [-0.05, 0) is 55.9 Å². The van der Waals surface area contributed by atoms with Crippen LogP contribution in [0.4, 0.5) is 0 Å². The van der Waals surface area contributed by atoms with Crippen molar-refractivity contribution in [2.45, 2.75) is 44.9 Å². The Bertz CT molecular complexity index is 359. The molecular formula is C15H24N2. The van der Waals surface area contributed by atoms with Crippen LogP contribution in [0.25, 0.3) is 0 Å². The molecule has 1 aromatic rings. The summed E-state index contributed by atoms with van der Waals surface area (Å²) in [5.74, 6) is 0.523. The zero-order chi connectivity index (χ0) is 12.5. The predicted molar refractivity (Wildman–Crippen MR) is 72.4 cm³/mol. The summed E-state index contributed by atoms with van der Waals surface area (Å²) in [6, 6.07) is 4.48. The molecule has 0 amide bonds. The van der Waals surface area contributed by atoms with Crippen LogP contribution >= 0.6 is 0 Å². The second-order valence-electron chi connectivity index (χ2n) is 5.99. The molecule has 0 aliphatic carbocycles. The average Bonchev–Trinajstić information content (AvgIpc) is 2.33. The minimum Gasteiger partial charge on any atom is -0.306 e. The first-order valence-electron chi connectivity index (χ1n) is 6.66. The maximum Gasteiger partial charge on any atom is 0.0429 e. The van der Waals surface area contributed by atoms with E-state index < -0.39 is 0 Å². The van der Waals surface area contributed by atoms with Gasteiger partial charge in [-0.1, -0.05) is 26.8 Å². The zero-order valence-electron chi connectivity index (χ0n) is 11.5. The van der Waals surface area contributed by atoms with E-state index in [0.29, 0.717) is 11.3 Å². The first kappa shape index (κ1) is 12.6. The molecule has 1 fully saturated rings. The number of hydrogen-bond donors (Lipinski definition) is 0. The molecule has 0 aromatic carbocycles. The molecule has 1 aromatic heterocycles. The van der Waals surface area contributed by atoms with Crippen LogP contribution in [0.5, 0.6) is 0 Å². The van der Waals surface area contributed by atoms with Crippen LogP contribution in [0, 0.1) is 0 Å². The molecule has 2 heterocycles. The highest BCUT2D eigenvalue weighted by Crippen LogP contribution is 2.34. The van der Waals surface area contributed by atoms with E-state index in [9.17, 15) is 0 Å². The molecule has 0 saturated carbocycles. The molecule has 0 N–H and O–H groups in total. The summed E-state index contributed by atoms with van der Waals surface area (Å²) in [5, 5.41) is 0. The van der Waals surface area contributed by atoms with Crippen molar-refractivity contribution in [2.24, 2.45) is 0 Å². The van der Waals surface area contributed by atoms with E-state index in [1.165, 1.54) is 37.2 Å². The lowest BCUT2D eigenvalue weighted by Crippen LogP contribution is -2.38. The number of aromatic nitrogens is 1. The summed E-state index contributed by atoms with van der Waals surface area (Å²) >= 11 is 0. The lowest BCUT2D eigenvalue weighted by Gasteiger charge is -2.38. The van der Waals surface area contributed by atoms with Crippen LogP contribution in [0.15, 0.2) is 18.3 Å². The third-order valence-corrected chi connectivity index (χ3v) is 4.17. The van der Waals surface area contributed by atoms with Crippen LogP contribution in [0.2, 0.25) is 0 Å². The molecule has 0 radical (unpaired) electrons. The van der Waals surface area contributed by atoms with Gasteiger partial charge < -0.3 is 4.90 Å². The molecule has 17 heavy (non-hydrogen) atoms. The highest BCUT2D eigenvalue weighted by Gasteiger charge is 2.30. The number of nitrogens with zero attached hydrogens (tertiary/aromatic N) is 2. The van der Waals surface area contributed by atoms with Crippen molar-refractivity contribution in [3.63, 3.8) is 0 Å². The number of rotatable bonds is 2. The molecule has 2 rings (SSSR count). The Kier molecular flexibility index (Phi) is 3.53. The summed E-state index contributed by atoms with van der Waals surface area (Å²) in [5.41, 5.74) is 2.94. The number of likely N-dealkylation sites (tertiary alicyclic amines) is 1. The largest absolute Gasteiger partial charge is 0.306 e. The molecule has 2 nitrogen and oxygen atoms in total. The van der Waals surface area contributed by atoms with Gasteiger partial charge in [0.25, 0.3) is 0 Å². The predicted octanol–water partition coefficient (Wildman–Crippen LogP) is 3.19. The van der Waals surface area contributed by atoms with Crippen LogP contribution in [-0.4, -0.2) is 30.0 Å². The Balaban J connectivity index is 2.16. The summed E-state index contributed by atoms with van der Waals surface area (Å²) < 4.78 is 0. The lowest BCUT2D eigenvalue weighted by atomic mass is 9.75. The van der Waals surface area contributed by atoms with Crippen LogP contribution < -0.4 is 0 Å². The molecule has 1 saturated heterocycles. The summed E-state index contributed by atoms with van der Waals surface area (Å²) in [7, 11) is 2.21. The van der Waals surface area contributed by atoms with Crippen molar-refractivity contribution in [2.75, 3.05) is 20.1 Å². The monoisotopic (exact) mass is 232 g/mol. The van der Waals surface area contributed by atoms with Crippen LogP contribution in [-0.2, 0) is 5.41 Å². The summed E-state index contributed by atoms with van der Waals surface area (Å²) in [6.45, 7) is 9.16. The molecule has 0 unspecified atom stereocenters. The molecular weight excluding hydrogens is 208 g/mol.